The fourth-order valence-corrected chi connectivity index (χ4v) is 1.78. The zero-order chi connectivity index (χ0) is 10.1. The predicted octanol–water partition coefficient (Wildman–Crippen LogP) is 3.06. The summed E-state index contributed by atoms with van der Waals surface area (Å²) in [4.78, 5) is 0. The fourth-order valence-electron chi connectivity index (χ4n) is 1.78. The van der Waals surface area contributed by atoms with Crippen LogP contribution in [-0.2, 0) is 0 Å². The average molecular weight is 183 g/mol. The molecule has 78 valence electrons. The van der Waals surface area contributed by atoms with Gasteiger partial charge in [0, 0.05) is 6.04 Å². The Hall–Kier alpha value is -0.0400. The maximum atomic E-state index is 3.47. The molecule has 0 heterocycles. The summed E-state index contributed by atoms with van der Waals surface area (Å²) < 4.78 is 0. The Labute approximate surface area is 83.3 Å². The highest BCUT2D eigenvalue weighted by atomic mass is 14.9. The topological polar surface area (TPSA) is 12.0 Å². The van der Waals surface area contributed by atoms with Crippen LogP contribution in [-0.4, -0.2) is 13.1 Å². The first-order chi connectivity index (χ1) is 5.95. The molecular formula is C12H25N. The highest BCUT2D eigenvalue weighted by molar-refractivity contribution is 4.88. The molecule has 2 atom stereocenters. The second kappa shape index (κ2) is 4.00. The van der Waals surface area contributed by atoms with Gasteiger partial charge in [-0.1, -0.05) is 27.7 Å². The minimum atomic E-state index is 0.462. The molecule has 2 unspecified atom stereocenters. The summed E-state index contributed by atoms with van der Waals surface area (Å²) in [7, 11) is 2.11. The van der Waals surface area contributed by atoms with E-state index in [4.69, 9.17) is 0 Å². The van der Waals surface area contributed by atoms with Crippen LogP contribution >= 0.6 is 0 Å². The van der Waals surface area contributed by atoms with E-state index in [0.717, 1.165) is 17.9 Å². The predicted molar refractivity (Wildman–Crippen MR) is 58.8 cm³/mol. The van der Waals surface area contributed by atoms with E-state index in [2.05, 4.69) is 40.1 Å². The highest BCUT2D eigenvalue weighted by Gasteiger charge is 2.33. The zero-order valence-corrected chi connectivity index (χ0v) is 9.85. The maximum Gasteiger partial charge on any atom is 0.00950 e. The van der Waals surface area contributed by atoms with Crippen LogP contribution in [0.4, 0.5) is 0 Å². The van der Waals surface area contributed by atoms with Crippen molar-refractivity contribution in [3.8, 4) is 0 Å². The monoisotopic (exact) mass is 183 g/mol. The molecule has 0 aromatic rings. The van der Waals surface area contributed by atoms with Gasteiger partial charge in [0.1, 0.15) is 0 Å². The lowest BCUT2D eigenvalue weighted by Gasteiger charge is -2.30. The van der Waals surface area contributed by atoms with Gasteiger partial charge in [0.2, 0.25) is 0 Å². The van der Waals surface area contributed by atoms with E-state index >= 15 is 0 Å². The van der Waals surface area contributed by atoms with Crippen molar-refractivity contribution < 1.29 is 0 Å². The molecule has 0 amide bonds. The van der Waals surface area contributed by atoms with Crippen LogP contribution in [0.5, 0.6) is 0 Å². The Balaban J connectivity index is 2.36. The molecule has 1 fully saturated rings. The third kappa shape index (κ3) is 3.30. The average Bonchev–Trinajstić information content (AvgIpc) is 2.80. The van der Waals surface area contributed by atoms with Gasteiger partial charge in [0.15, 0.2) is 0 Å². The van der Waals surface area contributed by atoms with Crippen molar-refractivity contribution in [2.24, 2.45) is 17.3 Å². The molecule has 1 nitrogen and oxygen atoms in total. The van der Waals surface area contributed by atoms with Gasteiger partial charge in [-0.3, -0.25) is 0 Å². The molecular weight excluding hydrogens is 158 g/mol. The van der Waals surface area contributed by atoms with Gasteiger partial charge in [-0.2, -0.15) is 0 Å². The lowest BCUT2D eigenvalue weighted by Crippen LogP contribution is -2.32. The van der Waals surface area contributed by atoms with Gasteiger partial charge in [-0.25, -0.2) is 0 Å². The van der Waals surface area contributed by atoms with Gasteiger partial charge in [-0.05, 0) is 43.6 Å². The normalized spacial score (nSPS) is 22.8. The summed E-state index contributed by atoms with van der Waals surface area (Å²) in [6, 6.07) is 0.772. The molecule has 0 aliphatic heterocycles. The smallest absolute Gasteiger partial charge is 0.00950 e. The van der Waals surface area contributed by atoms with Gasteiger partial charge >= 0.3 is 0 Å². The Morgan fingerprint density at radius 1 is 1.31 bits per heavy atom. The molecule has 1 heteroatoms. The van der Waals surface area contributed by atoms with Crippen LogP contribution in [0.25, 0.3) is 0 Å². The third-order valence-corrected chi connectivity index (χ3v) is 3.65. The van der Waals surface area contributed by atoms with Gasteiger partial charge in [0.25, 0.3) is 0 Å². The first-order valence-electron chi connectivity index (χ1n) is 5.62. The maximum absolute atomic E-state index is 3.47. The molecule has 0 aromatic carbocycles. The fraction of sp³-hybridized carbons (Fsp3) is 1.00. The summed E-state index contributed by atoms with van der Waals surface area (Å²) in [6.07, 6.45) is 4.23. The van der Waals surface area contributed by atoms with Crippen molar-refractivity contribution in [3.63, 3.8) is 0 Å². The molecule has 0 radical (unpaired) electrons. The Morgan fingerprint density at radius 3 is 2.15 bits per heavy atom. The van der Waals surface area contributed by atoms with Gasteiger partial charge in [0.05, 0.1) is 0 Å². The molecule has 1 aliphatic carbocycles. The van der Waals surface area contributed by atoms with E-state index in [1.54, 1.807) is 0 Å². The Bertz CT molecular complexity index is 153. The summed E-state index contributed by atoms with van der Waals surface area (Å²) in [5, 5.41) is 3.47. The lowest BCUT2D eigenvalue weighted by atomic mass is 9.78. The Kier molecular flexibility index (Phi) is 3.39. The first-order valence-corrected chi connectivity index (χ1v) is 5.62. The number of rotatable bonds is 4. The molecule has 1 rings (SSSR count). The molecule has 0 saturated heterocycles. The summed E-state index contributed by atoms with van der Waals surface area (Å²) in [5.41, 5.74) is 0.462. The van der Waals surface area contributed by atoms with Crippen LogP contribution in [0.2, 0.25) is 0 Å². The van der Waals surface area contributed by atoms with Gasteiger partial charge in [-0.15, -0.1) is 0 Å². The third-order valence-electron chi connectivity index (χ3n) is 3.65. The quantitative estimate of drug-likeness (QED) is 0.706. The van der Waals surface area contributed by atoms with Crippen LogP contribution in [0.15, 0.2) is 0 Å². The van der Waals surface area contributed by atoms with Crippen LogP contribution < -0.4 is 5.32 Å². The summed E-state index contributed by atoms with van der Waals surface area (Å²) >= 11 is 0. The Morgan fingerprint density at radius 2 is 1.85 bits per heavy atom. The second-order valence-corrected chi connectivity index (χ2v) is 5.74. The molecule has 0 spiro atoms. The minimum absolute atomic E-state index is 0.462. The second-order valence-electron chi connectivity index (χ2n) is 5.74. The van der Waals surface area contributed by atoms with Crippen LogP contribution in [0, 0.1) is 17.3 Å². The van der Waals surface area contributed by atoms with Crippen molar-refractivity contribution in [3.05, 3.63) is 0 Å². The van der Waals surface area contributed by atoms with E-state index in [1.165, 1.54) is 19.3 Å². The molecule has 0 bridgehead atoms. The SMILES string of the molecule is CNC(CC(C)C(C)(C)C)C1CC1. The van der Waals surface area contributed by atoms with E-state index in [9.17, 15) is 0 Å². The standard InChI is InChI=1S/C12H25N/c1-9(12(2,3)4)8-11(13-5)10-6-7-10/h9-11,13H,6-8H2,1-5H3. The van der Waals surface area contributed by atoms with Crippen LogP contribution in [0.1, 0.15) is 47.0 Å². The van der Waals surface area contributed by atoms with Gasteiger partial charge < -0.3 is 5.32 Å². The molecule has 1 aliphatic rings. The van der Waals surface area contributed by atoms with E-state index in [-0.39, 0.29) is 0 Å². The van der Waals surface area contributed by atoms with Crippen molar-refractivity contribution in [1.29, 1.82) is 0 Å². The summed E-state index contributed by atoms with van der Waals surface area (Å²) in [5.74, 6) is 1.79. The largest absolute Gasteiger partial charge is 0.317 e. The molecule has 0 aromatic heterocycles. The number of hydrogen-bond acceptors (Lipinski definition) is 1. The van der Waals surface area contributed by atoms with Crippen molar-refractivity contribution >= 4 is 0 Å². The highest BCUT2D eigenvalue weighted by Crippen LogP contribution is 2.38. The minimum Gasteiger partial charge on any atom is -0.317 e. The number of nitrogens with one attached hydrogen (secondary N) is 1. The zero-order valence-electron chi connectivity index (χ0n) is 9.85. The lowest BCUT2D eigenvalue weighted by molar-refractivity contribution is 0.218. The van der Waals surface area contributed by atoms with Crippen molar-refractivity contribution in [1.82, 2.24) is 5.32 Å². The molecule has 1 N–H and O–H groups in total. The molecule has 1 saturated carbocycles. The van der Waals surface area contributed by atoms with Crippen LogP contribution in [0.3, 0.4) is 0 Å². The number of hydrogen-bond donors (Lipinski definition) is 1. The summed E-state index contributed by atoms with van der Waals surface area (Å²) in [6.45, 7) is 9.42. The van der Waals surface area contributed by atoms with E-state index < -0.39 is 0 Å². The van der Waals surface area contributed by atoms with E-state index in [1.807, 2.05) is 0 Å². The molecule has 13 heavy (non-hydrogen) atoms. The first kappa shape index (κ1) is 11.0. The van der Waals surface area contributed by atoms with Crippen molar-refractivity contribution in [2.75, 3.05) is 7.05 Å². The van der Waals surface area contributed by atoms with Crippen molar-refractivity contribution in [2.45, 2.75) is 53.0 Å². The van der Waals surface area contributed by atoms with E-state index in [0.29, 0.717) is 5.41 Å².